The van der Waals surface area contributed by atoms with E-state index >= 15 is 0 Å². The van der Waals surface area contributed by atoms with Crippen molar-refractivity contribution in [2.24, 2.45) is 0 Å². The maximum absolute atomic E-state index is 12.4. The molecule has 2 amide bonds. The molecule has 0 atom stereocenters. The van der Waals surface area contributed by atoms with Gasteiger partial charge in [0.1, 0.15) is 0 Å². The van der Waals surface area contributed by atoms with Gasteiger partial charge in [0.2, 0.25) is 5.91 Å². The van der Waals surface area contributed by atoms with E-state index in [4.69, 9.17) is 21.1 Å². The minimum Gasteiger partial charge on any atom is -0.493 e. The van der Waals surface area contributed by atoms with Crippen LogP contribution < -0.4 is 14.8 Å². The molecule has 6 nitrogen and oxygen atoms in total. The molecule has 0 saturated heterocycles. The van der Waals surface area contributed by atoms with Gasteiger partial charge in [-0.15, -0.1) is 0 Å². The first kappa shape index (κ1) is 24.3. The van der Waals surface area contributed by atoms with Crippen molar-refractivity contribution in [3.63, 3.8) is 0 Å². The Kier molecular flexibility index (Phi) is 9.40. The third-order valence-electron chi connectivity index (χ3n) is 4.58. The summed E-state index contributed by atoms with van der Waals surface area (Å²) in [5.74, 6) is 0.672. The van der Waals surface area contributed by atoms with E-state index in [1.54, 1.807) is 54.5 Å². The van der Waals surface area contributed by atoms with Crippen molar-refractivity contribution in [2.45, 2.75) is 27.2 Å². The standard InChI is InChI=1S/C24H29ClN2O4/c1-5-14-31-23-20(25)15-17(16-21(23)30-4)8-13-22(28)26-19-11-9-18(10-12-19)24(29)27(6-2)7-3/h8-13,15-16H,5-7,14H2,1-4H3,(H,26,28)/b13-8+. The first-order chi connectivity index (χ1) is 14.9. The molecule has 0 heterocycles. The Morgan fingerprint density at radius 2 is 1.77 bits per heavy atom. The number of nitrogens with one attached hydrogen (secondary N) is 1. The lowest BCUT2D eigenvalue weighted by atomic mass is 10.1. The highest BCUT2D eigenvalue weighted by Gasteiger charge is 2.13. The molecule has 0 spiro atoms. The van der Waals surface area contributed by atoms with E-state index in [2.05, 4.69) is 5.32 Å². The van der Waals surface area contributed by atoms with Gasteiger partial charge in [0, 0.05) is 30.4 Å². The van der Waals surface area contributed by atoms with Crippen molar-refractivity contribution in [1.29, 1.82) is 0 Å². The summed E-state index contributed by atoms with van der Waals surface area (Å²) in [5.41, 5.74) is 1.90. The van der Waals surface area contributed by atoms with E-state index < -0.39 is 0 Å². The highest BCUT2D eigenvalue weighted by atomic mass is 35.5. The van der Waals surface area contributed by atoms with E-state index in [1.807, 2.05) is 20.8 Å². The van der Waals surface area contributed by atoms with Crippen molar-refractivity contribution in [3.8, 4) is 11.5 Å². The van der Waals surface area contributed by atoms with E-state index in [0.29, 0.717) is 53.0 Å². The lowest BCUT2D eigenvalue weighted by Crippen LogP contribution is -2.30. The minimum absolute atomic E-state index is 0.0278. The molecule has 0 aromatic heterocycles. The summed E-state index contributed by atoms with van der Waals surface area (Å²) >= 11 is 6.31. The Morgan fingerprint density at radius 3 is 2.35 bits per heavy atom. The number of anilines is 1. The second-order valence-electron chi connectivity index (χ2n) is 6.76. The highest BCUT2D eigenvalue weighted by molar-refractivity contribution is 6.32. The van der Waals surface area contributed by atoms with Gasteiger partial charge in [-0.2, -0.15) is 0 Å². The number of halogens is 1. The Morgan fingerprint density at radius 1 is 1.10 bits per heavy atom. The summed E-state index contributed by atoms with van der Waals surface area (Å²) in [4.78, 5) is 26.4. The van der Waals surface area contributed by atoms with Gasteiger partial charge in [-0.05, 0) is 68.3 Å². The lowest BCUT2D eigenvalue weighted by Gasteiger charge is -2.18. The van der Waals surface area contributed by atoms with E-state index in [0.717, 1.165) is 6.42 Å². The molecule has 0 aliphatic rings. The average Bonchev–Trinajstić information content (AvgIpc) is 2.77. The van der Waals surface area contributed by atoms with Gasteiger partial charge in [0.05, 0.1) is 18.7 Å². The van der Waals surface area contributed by atoms with Crippen LogP contribution in [-0.2, 0) is 4.79 Å². The molecular weight excluding hydrogens is 416 g/mol. The van der Waals surface area contributed by atoms with Crippen LogP contribution in [0.1, 0.15) is 43.1 Å². The van der Waals surface area contributed by atoms with Crippen LogP contribution in [0.15, 0.2) is 42.5 Å². The highest BCUT2D eigenvalue weighted by Crippen LogP contribution is 2.36. The number of nitrogens with zero attached hydrogens (tertiary/aromatic N) is 1. The van der Waals surface area contributed by atoms with Gasteiger partial charge in [-0.1, -0.05) is 18.5 Å². The first-order valence-electron chi connectivity index (χ1n) is 10.3. The van der Waals surface area contributed by atoms with Crippen LogP contribution in [-0.4, -0.2) is 43.5 Å². The average molecular weight is 445 g/mol. The van der Waals surface area contributed by atoms with Crippen LogP contribution in [0, 0.1) is 0 Å². The molecule has 0 aliphatic carbocycles. The fraction of sp³-hybridized carbons (Fsp3) is 0.333. The van der Waals surface area contributed by atoms with Gasteiger partial charge in [0.15, 0.2) is 11.5 Å². The van der Waals surface area contributed by atoms with Crippen LogP contribution in [0.5, 0.6) is 11.5 Å². The predicted molar refractivity (Wildman–Crippen MR) is 125 cm³/mol. The molecule has 166 valence electrons. The van der Waals surface area contributed by atoms with Crippen molar-refractivity contribution in [3.05, 3.63) is 58.6 Å². The second-order valence-corrected chi connectivity index (χ2v) is 7.17. The number of carbonyl (C=O) groups excluding carboxylic acids is 2. The van der Waals surface area contributed by atoms with Crippen LogP contribution in [0.25, 0.3) is 6.08 Å². The summed E-state index contributed by atoms with van der Waals surface area (Å²) in [6.45, 7) is 7.73. The molecular formula is C24H29ClN2O4. The third kappa shape index (κ3) is 6.76. The Balaban J connectivity index is 2.05. The molecule has 0 fully saturated rings. The number of methoxy groups -OCH3 is 1. The largest absolute Gasteiger partial charge is 0.493 e. The second kappa shape index (κ2) is 12.0. The van der Waals surface area contributed by atoms with Crippen LogP contribution in [0.2, 0.25) is 5.02 Å². The van der Waals surface area contributed by atoms with Crippen molar-refractivity contribution < 1.29 is 19.1 Å². The van der Waals surface area contributed by atoms with Crippen molar-refractivity contribution in [2.75, 3.05) is 32.1 Å². The quantitative estimate of drug-likeness (QED) is 0.507. The molecule has 0 radical (unpaired) electrons. The summed E-state index contributed by atoms with van der Waals surface area (Å²) < 4.78 is 11.0. The van der Waals surface area contributed by atoms with E-state index in [-0.39, 0.29) is 11.8 Å². The number of benzene rings is 2. The zero-order valence-corrected chi connectivity index (χ0v) is 19.2. The van der Waals surface area contributed by atoms with Gasteiger partial charge in [-0.3, -0.25) is 9.59 Å². The SMILES string of the molecule is CCCOc1c(Cl)cc(/C=C/C(=O)Nc2ccc(C(=O)N(CC)CC)cc2)cc1OC. The van der Waals surface area contributed by atoms with Gasteiger partial charge < -0.3 is 19.7 Å². The molecule has 2 aromatic rings. The number of ether oxygens (including phenoxy) is 2. The molecule has 0 aliphatic heterocycles. The molecule has 0 saturated carbocycles. The molecule has 0 bridgehead atoms. The van der Waals surface area contributed by atoms with E-state index in [9.17, 15) is 9.59 Å². The zero-order valence-electron chi connectivity index (χ0n) is 18.4. The summed E-state index contributed by atoms with van der Waals surface area (Å²) in [7, 11) is 1.54. The van der Waals surface area contributed by atoms with Gasteiger partial charge in [-0.25, -0.2) is 0 Å². The van der Waals surface area contributed by atoms with Gasteiger partial charge in [0.25, 0.3) is 5.91 Å². The molecule has 0 unspecified atom stereocenters. The van der Waals surface area contributed by atoms with E-state index in [1.165, 1.54) is 6.08 Å². The summed E-state index contributed by atoms with van der Waals surface area (Å²) in [6.07, 6.45) is 3.91. The fourth-order valence-electron chi connectivity index (χ4n) is 2.93. The van der Waals surface area contributed by atoms with Crippen molar-refractivity contribution >= 4 is 35.2 Å². The summed E-state index contributed by atoms with van der Waals surface area (Å²) in [6, 6.07) is 10.3. The van der Waals surface area contributed by atoms with Crippen LogP contribution >= 0.6 is 11.6 Å². The monoisotopic (exact) mass is 444 g/mol. The smallest absolute Gasteiger partial charge is 0.253 e. The predicted octanol–water partition coefficient (Wildman–Crippen LogP) is 5.27. The molecule has 31 heavy (non-hydrogen) atoms. The zero-order chi connectivity index (χ0) is 22.8. The third-order valence-corrected chi connectivity index (χ3v) is 4.86. The van der Waals surface area contributed by atoms with Gasteiger partial charge >= 0.3 is 0 Å². The van der Waals surface area contributed by atoms with Crippen LogP contribution in [0.3, 0.4) is 0 Å². The number of carbonyl (C=O) groups is 2. The number of amides is 2. The lowest BCUT2D eigenvalue weighted by molar-refractivity contribution is -0.111. The molecule has 2 aromatic carbocycles. The number of hydrogen-bond acceptors (Lipinski definition) is 4. The molecule has 1 N–H and O–H groups in total. The molecule has 2 rings (SSSR count). The topological polar surface area (TPSA) is 67.9 Å². The minimum atomic E-state index is -0.302. The molecule has 7 heteroatoms. The summed E-state index contributed by atoms with van der Waals surface area (Å²) in [5, 5.41) is 3.20. The Labute approximate surface area is 188 Å². The number of hydrogen-bond donors (Lipinski definition) is 1. The first-order valence-corrected chi connectivity index (χ1v) is 10.7. The maximum atomic E-state index is 12.4. The Hall–Kier alpha value is -2.99. The normalized spacial score (nSPS) is 10.7. The number of rotatable bonds is 10. The fourth-order valence-corrected chi connectivity index (χ4v) is 3.20. The Bertz CT molecular complexity index is 922. The van der Waals surface area contributed by atoms with Crippen molar-refractivity contribution in [1.82, 2.24) is 4.90 Å². The van der Waals surface area contributed by atoms with Crippen LogP contribution in [0.4, 0.5) is 5.69 Å². The maximum Gasteiger partial charge on any atom is 0.253 e.